The number of ether oxygens (including phenoxy) is 1. The van der Waals surface area contributed by atoms with Crippen molar-refractivity contribution in [3.8, 4) is 0 Å². The van der Waals surface area contributed by atoms with E-state index in [0.29, 0.717) is 11.7 Å². The van der Waals surface area contributed by atoms with E-state index in [1.807, 2.05) is 30.3 Å². The van der Waals surface area contributed by atoms with E-state index < -0.39 is 6.09 Å². The van der Waals surface area contributed by atoms with E-state index in [1.165, 1.54) is 0 Å². The lowest BCUT2D eigenvalue weighted by Gasteiger charge is -2.10. The Morgan fingerprint density at radius 2 is 2.00 bits per heavy atom. The Kier molecular flexibility index (Phi) is 5.07. The zero-order chi connectivity index (χ0) is 11.8. The molecular weight excluding hydrogens is 226 g/mol. The number of carbonyl (C=O) groups excluding carboxylic acids is 1. The SMILES string of the molecule is CCOC(=O)NNC(=S)Nc1ccccc1. The number of hydrogen-bond donors (Lipinski definition) is 3. The van der Waals surface area contributed by atoms with Gasteiger partial charge in [-0.3, -0.25) is 5.43 Å². The van der Waals surface area contributed by atoms with Crippen LogP contribution in [0.3, 0.4) is 0 Å². The van der Waals surface area contributed by atoms with Gasteiger partial charge in [0, 0.05) is 5.69 Å². The second-order valence-electron chi connectivity index (χ2n) is 2.79. The Morgan fingerprint density at radius 3 is 2.62 bits per heavy atom. The number of rotatable bonds is 2. The van der Waals surface area contributed by atoms with E-state index >= 15 is 0 Å². The molecule has 0 spiro atoms. The third-order valence-electron chi connectivity index (χ3n) is 1.59. The molecule has 0 saturated carbocycles. The molecule has 0 bridgehead atoms. The van der Waals surface area contributed by atoms with Crippen LogP contribution in [0.5, 0.6) is 0 Å². The average Bonchev–Trinajstić information content (AvgIpc) is 2.28. The highest BCUT2D eigenvalue weighted by atomic mass is 32.1. The summed E-state index contributed by atoms with van der Waals surface area (Å²) in [5.74, 6) is 0. The summed E-state index contributed by atoms with van der Waals surface area (Å²) < 4.78 is 4.64. The van der Waals surface area contributed by atoms with E-state index in [1.54, 1.807) is 6.92 Å². The zero-order valence-corrected chi connectivity index (χ0v) is 9.64. The molecule has 3 N–H and O–H groups in total. The number of thiocarbonyl (C=S) groups is 1. The Labute approximate surface area is 99.1 Å². The molecule has 16 heavy (non-hydrogen) atoms. The maximum absolute atomic E-state index is 10.9. The molecule has 0 aliphatic rings. The first-order valence-corrected chi connectivity index (χ1v) is 5.18. The minimum Gasteiger partial charge on any atom is -0.449 e. The van der Waals surface area contributed by atoms with Gasteiger partial charge in [0.05, 0.1) is 6.61 Å². The van der Waals surface area contributed by atoms with Crippen molar-refractivity contribution in [2.45, 2.75) is 6.92 Å². The predicted octanol–water partition coefficient (Wildman–Crippen LogP) is 1.63. The number of benzene rings is 1. The third-order valence-corrected chi connectivity index (χ3v) is 1.79. The van der Waals surface area contributed by atoms with Crippen LogP contribution in [-0.4, -0.2) is 17.8 Å². The number of anilines is 1. The number of para-hydroxylation sites is 1. The Hall–Kier alpha value is -1.82. The van der Waals surface area contributed by atoms with Crippen molar-refractivity contribution in [3.05, 3.63) is 30.3 Å². The van der Waals surface area contributed by atoms with Crippen LogP contribution >= 0.6 is 12.2 Å². The molecule has 0 saturated heterocycles. The smallest absolute Gasteiger partial charge is 0.425 e. The van der Waals surface area contributed by atoms with Crippen molar-refractivity contribution >= 4 is 29.1 Å². The molecule has 1 aromatic carbocycles. The summed E-state index contributed by atoms with van der Waals surface area (Å²) in [4.78, 5) is 10.9. The fourth-order valence-corrected chi connectivity index (χ4v) is 1.13. The lowest BCUT2D eigenvalue weighted by molar-refractivity contribution is 0.150. The van der Waals surface area contributed by atoms with Crippen molar-refractivity contribution in [2.24, 2.45) is 0 Å². The van der Waals surface area contributed by atoms with Gasteiger partial charge in [-0.15, -0.1) is 0 Å². The van der Waals surface area contributed by atoms with Gasteiger partial charge in [-0.2, -0.15) is 0 Å². The summed E-state index contributed by atoms with van der Waals surface area (Å²) >= 11 is 4.95. The van der Waals surface area contributed by atoms with E-state index in [-0.39, 0.29) is 0 Å². The lowest BCUT2D eigenvalue weighted by Crippen LogP contribution is -2.43. The normalized spacial score (nSPS) is 9.06. The number of carbonyl (C=O) groups is 1. The van der Waals surface area contributed by atoms with Crippen LogP contribution < -0.4 is 16.2 Å². The van der Waals surface area contributed by atoms with Crippen LogP contribution in [0.4, 0.5) is 10.5 Å². The Balaban J connectivity index is 2.29. The summed E-state index contributed by atoms with van der Waals surface area (Å²) in [6, 6.07) is 9.38. The molecule has 0 heterocycles. The topological polar surface area (TPSA) is 62.4 Å². The Bertz CT molecular complexity index is 356. The zero-order valence-electron chi connectivity index (χ0n) is 8.82. The van der Waals surface area contributed by atoms with Crippen LogP contribution in [0.1, 0.15) is 6.92 Å². The molecule has 0 fully saturated rings. The van der Waals surface area contributed by atoms with Gasteiger partial charge in [0.25, 0.3) is 0 Å². The van der Waals surface area contributed by atoms with E-state index in [0.717, 1.165) is 5.69 Å². The summed E-state index contributed by atoms with van der Waals surface area (Å²) in [5, 5.41) is 3.18. The second-order valence-corrected chi connectivity index (χ2v) is 3.20. The third kappa shape index (κ3) is 4.61. The summed E-state index contributed by atoms with van der Waals surface area (Å²) in [5.41, 5.74) is 5.64. The maximum Gasteiger partial charge on any atom is 0.425 e. The quantitative estimate of drug-likeness (QED) is 0.541. The number of hydrogen-bond acceptors (Lipinski definition) is 3. The van der Waals surface area contributed by atoms with Gasteiger partial charge in [0.2, 0.25) is 0 Å². The number of nitrogens with one attached hydrogen (secondary N) is 3. The molecule has 0 aliphatic carbocycles. The van der Waals surface area contributed by atoms with Crippen molar-refractivity contribution in [1.29, 1.82) is 0 Å². The van der Waals surface area contributed by atoms with E-state index in [2.05, 4.69) is 20.9 Å². The summed E-state index contributed by atoms with van der Waals surface area (Å²) in [6.07, 6.45) is -0.570. The van der Waals surface area contributed by atoms with Crippen LogP contribution in [0, 0.1) is 0 Å². The highest BCUT2D eigenvalue weighted by Crippen LogP contribution is 2.03. The first kappa shape index (κ1) is 12.3. The lowest BCUT2D eigenvalue weighted by atomic mass is 10.3. The van der Waals surface area contributed by atoms with Crippen molar-refractivity contribution in [2.75, 3.05) is 11.9 Å². The van der Waals surface area contributed by atoms with Crippen molar-refractivity contribution in [1.82, 2.24) is 10.9 Å². The fraction of sp³-hybridized carbons (Fsp3) is 0.200. The second kappa shape index (κ2) is 6.62. The van der Waals surface area contributed by atoms with Gasteiger partial charge in [-0.1, -0.05) is 18.2 Å². The van der Waals surface area contributed by atoms with Crippen LogP contribution in [-0.2, 0) is 4.74 Å². The van der Waals surface area contributed by atoms with Gasteiger partial charge >= 0.3 is 6.09 Å². The summed E-state index contributed by atoms with van der Waals surface area (Å²) in [6.45, 7) is 2.03. The van der Waals surface area contributed by atoms with Crippen LogP contribution in [0.2, 0.25) is 0 Å². The highest BCUT2D eigenvalue weighted by Gasteiger charge is 2.00. The van der Waals surface area contributed by atoms with Gasteiger partial charge in [-0.25, -0.2) is 10.2 Å². The molecule has 5 nitrogen and oxygen atoms in total. The van der Waals surface area contributed by atoms with E-state index in [9.17, 15) is 4.79 Å². The molecule has 86 valence electrons. The molecule has 1 aromatic rings. The molecule has 0 aromatic heterocycles. The standard InChI is InChI=1S/C10H13N3O2S/c1-2-15-10(14)13-12-9(16)11-8-6-4-3-5-7-8/h3-7H,2H2,1H3,(H,13,14)(H2,11,12,16). The minimum absolute atomic E-state index is 0.291. The van der Waals surface area contributed by atoms with Crippen molar-refractivity contribution < 1.29 is 9.53 Å². The molecule has 0 aliphatic heterocycles. The molecule has 0 atom stereocenters. The molecule has 1 amide bonds. The molecule has 0 unspecified atom stereocenters. The van der Waals surface area contributed by atoms with Gasteiger partial charge < -0.3 is 10.1 Å². The number of hydrazine groups is 1. The first-order chi connectivity index (χ1) is 7.72. The summed E-state index contributed by atoms with van der Waals surface area (Å²) in [7, 11) is 0. The molecule has 6 heteroatoms. The van der Waals surface area contributed by atoms with Crippen LogP contribution in [0.15, 0.2) is 30.3 Å². The predicted molar refractivity (Wildman–Crippen MR) is 66.0 cm³/mol. The Morgan fingerprint density at radius 1 is 1.31 bits per heavy atom. The maximum atomic E-state index is 10.9. The highest BCUT2D eigenvalue weighted by molar-refractivity contribution is 7.80. The molecule has 1 rings (SSSR count). The minimum atomic E-state index is -0.570. The molecule has 0 radical (unpaired) electrons. The van der Waals surface area contributed by atoms with Gasteiger partial charge in [0.15, 0.2) is 5.11 Å². The number of amides is 1. The van der Waals surface area contributed by atoms with Gasteiger partial charge in [0.1, 0.15) is 0 Å². The van der Waals surface area contributed by atoms with Gasteiger partial charge in [-0.05, 0) is 31.3 Å². The van der Waals surface area contributed by atoms with Crippen molar-refractivity contribution in [3.63, 3.8) is 0 Å². The molecular formula is C10H13N3O2S. The van der Waals surface area contributed by atoms with Crippen LogP contribution in [0.25, 0.3) is 0 Å². The first-order valence-electron chi connectivity index (χ1n) is 4.77. The average molecular weight is 239 g/mol. The van der Waals surface area contributed by atoms with E-state index in [4.69, 9.17) is 12.2 Å². The monoisotopic (exact) mass is 239 g/mol. The fourth-order valence-electron chi connectivity index (χ4n) is 0.959. The largest absolute Gasteiger partial charge is 0.449 e.